The number of rotatable bonds is 4. The summed E-state index contributed by atoms with van der Waals surface area (Å²) in [5, 5.41) is 12.0. The van der Waals surface area contributed by atoms with E-state index in [1.54, 1.807) is 12.1 Å². The molecule has 0 aliphatic heterocycles. The molecule has 2 aromatic carbocycles. The van der Waals surface area contributed by atoms with E-state index in [4.69, 9.17) is 0 Å². The molecule has 0 heterocycles. The van der Waals surface area contributed by atoms with Gasteiger partial charge < -0.3 is 5.11 Å². The van der Waals surface area contributed by atoms with Crippen LogP contribution < -0.4 is 0 Å². The number of fused-ring (bicyclic) bond motifs is 1. The summed E-state index contributed by atoms with van der Waals surface area (Å²) < 4.78 is 36.7. The summed E-state index contributed by atoms with van der Waals surface area (Å²) in [5.74, 6) is 0. The number of benzene rings is 2. The van der Waals surface area contributed by atoms with Gasteiger partial charge in [-0.1, -0.05) is 36.4 Å². The van der Waals surface area contributed by atoms with Crippen LogP contribution in [0.5, 0.6) is 0 Å². The van der Waals surface area contributed by atoms with E-state index >= 15 is 0 Å². The van der Waals surface area contributed by atoms with Gasteiger partial charge in [-0.2, -0.15) is 13.2 Å². The molecule has 1 N–H and O–H groups in total. The molecule has 0 amide bonds. The number of halogens is 3. The number of aliphatic hydroxyl groups is 1. The summed E-state index contributed by atoms with van der Waals surface area (Å²) in [6.45, 7) is -1.09. The van der Waals surface area contributed by atoms with Crippen LogP contribution in [0.25, 0.3) is 10.8 Å². The quantitative estimate of drug-likeness (QED) is 0.930. The zero-order valence-corrected chi connectivity index (χ0v) is 11.1. The predicted octanol–water partition coefficient (Wildman–Crippen LogP) is 3.37. The highest BCUT2D eigenvalue weighted by atomic mass is 19.4. The zero-order chi connectivity index (χ0) is 14.8. The van der Waals surface area contributed by atoms with Crippen LogP contribution in [-0.2, 0) is 0 Å². The molecule has 0 saturated carbocycles. The minimum atomic E-state index is -4.25. The van der Waals surface area contributed by atoms with Gasteiger partial charge in [0.1, 0.15) is 0 Å². The number of hydrogen-bond acceptors (Lipinski definition) is 2. The zero-order valence-electron chi connectivity index (χ0n) is 11.1. The van der Waals surface area contributed by atoms with Gasteiger partial charge in [0.05, 0.1) is 12.6 Å². The Morgan fingerprint density at radius 3 is 2.40 bits per heavy atom. The number of likely N-dealkylation sites (N-methyl/N-ethyl adjacent to an activating group) is 1. The third-order valence-electron chi connectivity index (χ3n) is 3.09. The smallest absolute Gasteiger partial charge is 0.387 e. The van der Waals surface area contributed by atoms with Crippen molar-refractivity contribution in [3.8, 4) is 0 Å². The first-order chi connectivity index (χ1) is 9.35. The van der Waals surface area contributed by atoms with Crippen LogP contribution in [0, 0.1) is 0 Å². The maximum atomic E-state index is 12.2. The molecule has 0 aliphatic carbocycles. The van der Waals surface area contributed by atoms with Crippen LogP contribution in [0.2, 0.25) is 0 Å². The Morgan fingerprint density at radius 1 is 1.10 bits per heavy atom. The fourth-order valence-corrected chi connectivity index (χ4v) is 2.19. The van der Waals surface area contributed by atoms with E-state index in [0.717, 1.165) is 15.7 Å². The van der Waals surface area contributed by atoms with E-state index in [2.05, 4.69) is 0 Å². The molecule has 0 spiro atoms. The molecule has 2 aromatic rings. The van der Waals surface area contributed by atoms with E-state index in [9.17, 15) is 18.3 Å². The average molecular weight is 283 g/mol. The van der Waals surface area contributed by atoms with Crippen molar-refractivity contribution in [2.24, 2.45) is 0 Å². The number of aliphatic hydroxyl groups excluding tert-OH is 1. The molecular weight excluding hydrogens is 267 g/mol. The molecule has 0 aliphatic rings. The monoisotopic (exact) mass is 283 g/mol. The molecular formula is C15H16F3NO. The molecule has 1 atom stereocenters. The van der Waals surface area contributed by atoms with Crippen molar-refractivity contribution >= 4 is 10.8 Å². The van der Waals surface area contributed by atoms with Crippen molar-refractivity contribution in [3.05, 3.63) is 48.0 Å². The van der Waals surface area contributed by atoms with Gasteiger partial charge in [-0.05, 0) is 29.4 Å². The first-order valence-corrected chi connectivity index (χ1v) is 6.27. The van der Waals surface area contributed by atoms with Crippen molar-refractivity contribution in [2.45, 2.75) is 12.3 Å². The summed E-state index contributed by atoms with van der Waals surface area (Å²) in [5.41, 5.74) is 0.623. The summed E-state index contributed by atoms with van der Waals surface area (Å²) in [4.78, 5) is 1.07. The Bertz CT molecular complexity index is 583. The van der Waals surface area contributed by atoms with E-state index in [1.165, 1.54) is 7.05 Å². The molecule has 0 bridgehead atoms. The SMILES string of the molecule is CN(CC(O)c1ccc2ccccc2c1)CC(F)(F)F. The van der Waals surface area contributed by atoms with Gasteiger partial charge in [0.2, 0.25) is 0 Å². The lowest BCUT2D eigenvalue weighted by molar-refractivity contribution is -0.145. The van der Waals surface area contributed by atoms with Crippen molar-refractivity contribution in [2.75, 3.05) is 20.1 Å². The van der Waals surface area contributed by atoms with Crippen molar-refractivity contribution in [1.29, 1.82) is 0 Å². The molecule has 2 rings (SSSR count). The lowest BCUT2D eigenvalue weighted by atomic mass is 10.0. The predicted molar refractivity (Wildman–Crippen MR) is 72.5 cm³/mol. The molecule has 0 fully saturated rings. The van der Waals surface area contributed by atoms with Gasteiger partial charge in [0.15, 0.2) is 0 Å². The molecule has 0 radical (unpaired) electrons. The van der Waals surface area contributed by atoms with Gasteiger partial charge in [-0.15, -0.1) is 0 Å². The van der Waals surface area contributed by atoms with Crippen LogP contribution in [0.3, 0.4) is 0 Å². The first kappa shape index (κ1) is 14.8. The highest BCUT2D eigenvalue weighted by Crippen LogP contribution is 2.22. The van der Waals surface area contributed by atoms with Crippen molar-refractivity contribution in [3.63, 3.8) is 0 Å². The molecule has 108 valence electrons. The third-order valence-corrected chi connectivity index (χ3v) is 3.09. The fourth-order valence-electron chi connectivity index (χ4n) is 2.19. The Morgan fingerprint density at radius 2 is 1.75 bits per heavy atom. The van der Waals surface area contributed by atoms with Crippen LogP contribution in [0.4, 0.5) is 13.2 Å². The fraction of sp³-hybridized carbons (Fsp3) is 0.333. The summed E-state index contributed by atoms with van der Waals surface area (Å²) >= 11 is 0. The van der Waals surface area contributed by atoms with E-state index in [0.29, 0.717) is 5.56 Å². The summed E-state index contributed by atoms with van der Waals surface area (Å²) in [7, 11) is 1.34. The third kappa shape index (κ3) is 3.95. The standard InChI is InChI=1S/C15H16F3NO/c1-19(10-15(16,17)18)9-14(20)13-7-6-11-4-2-3-5-12(11)8-13/h2-8,14,20H,9-10H2,1H3. The Kier molecular flexibility index (Phi) is 4.30. The van der Waals surface area contributed by atoms with Crippen LogP contribution >= 0.6 is 0 Å². The second kappa shape index (κ2) is 5.81. The highest BCUT2D eigenvalue weighted by Gasteiger charge is 2.29. The Hall–Kier alpha value is -1.59. The highest BCUT2D eigenvalue weighted by molar-refractivity contribution is 5.83. The van der Waals surface area contributed by atoms with Gasteiger partial charge in [-0.25, -0.2) is 0 Å². The molecule has 2 nitrogen and oxygen atoms in total. The molecule has 0 saturated heterocycles. The van der Waals surface area contributed by atoms with Gasteiger partial charge >= 0.3 is 6.18 Å². The largest absolute Gasteiger partial charge is 0.401 e. The lowest BCUT2D eigenvalue weighted by Gasteiger charge is -2.22. The van der Waals surface area contributed by atoms with E-state index in [-0.39, 0.29) is 6.54 Å². The maximum absolute atomic E-state index is 12.2. The Balaban J connectivity index is 2.09. The summed E-state index contributed by atoms with van der Waals surface area (Å²) in [6.07, 6.45) is -5.19. The van der Waals surface area contributed by atoms with Crippen LogP contribution in [0.15, 0.2) is 42.5 Å². The number of alkyl halides is 3. The number of nitrogens with zero attached hydrogens (tertiary/aromatic N) is 1. The molecule has 0 aromatic heterocycles. The lowest BCUT2D eigenvalue weighted by Crippen LogP contribution is -2.34. The number of hydrogen-bond donors (Lipinski definition) is 1. The maximum Gasteiger partial charge on any atom is 0.401 e. The minimum absolute atomic E-state index is 0.0577. The second-order valence-corrected chi connectivity index (χ2v) is 4.93. The summed E-state index contributed by atoms with van der Waals surface area (Å²) in [6, 6.07) is 13.1. The molecule has 5 heteroatoms. The van der Waals surface area contributed by atoms with Crippen molar-refractivity contribution < 1.29 is 18.3 Å². The van der Waals surface area contributed by atoms with Crippen LogP contribution in [-0.4, -0.2) is 36.3 Å². The average Bonchev–Trinajstić information content (AvgIpc) is 2.35. The van der Waals surface area contributed by atoms with Gasteiger partial charge in [0, 0.05) is 6.54 Å². The van der Waals surface area contributed by atoms with Crippen molar-refractivity contribution in [1.82, 2.24) is 4.90 Å². The molecule has 1 unspecified atom stereocenters. The van der Waals surface area contributed by atoms with E-state index in [1.807, 2.05) is 30.3 Å². The van der Waals surface area contributed by atoms with Gasteiger partial charge in [0.25, 0.3) is 0 Å². The first-order valence-electron chi connectivity index (χ1n) is 6.27. The normalized spacial score (nSPS) is 13.9. The van der Waals surface area contributed by atoms with E-state index < -0.39 is 18.8 Å². The molecule has 20 heavy (non-hydrogen) atoms. The minimum Gasteiger partial charge on any atom is -0.387 e. The second-order valence-electron chi connectivity index (χ2n) is 4.93. The topological polar surface area (TPSA) is 23.5 Å². The van der Waals surface area contributed by atoms with Crippen LogP contribution in [0.1, 0.15) is 11.7 Å². The van der Waals surface area contributed by atoms with Gasteiger partial charge in [-0.3, -0.25) is 4.90 Å². The Labute approximate surface area is 115 Å².